The van der Waals surface area contributed by atoms with E-state index < -0.39 is 11.9 Å². The Morgan fingerprint density at radius 1 is 0.882 bits per heavy atom. The number of carboxylic acid groups (broad SMARTS) is 1. The van der Waals surface area contributed by atoms with Crippen LogP contribution in [0, 0.1) is 0 Å². The van der Waals surface area contributed by atoms with Gasteiger partial charge in [-0.25, -0.2) is 10.2 Å². The Morgan fingerprint density at radius 2 is 1.56 bits per heavy atom. The third-order valence-electron chi connectivity index (χ3n) is 4.63. The summed E-state index contributed by atoms with van der Waals surface area (Å²) < 4.78 is 22.0. The van der Waals surface area contributed by atoms with E-state index in [-0.39, 0.29) is 18.8 Å². The van der Waals surface area contributed by atoms with E-state index in [0.29, 0.717) is 28.6 Å². The van der Waals surface area contributed by atoms with Gasteiger partial charge in [-0.3, -0.25) is 4.79 Å². The zero-order valence-corrected chi connectivity index (χ0v) is 18.7. The first-order valence-corrected chi connectivity index (χ1v) is 10.2. The number of carbonyl (C=O) groups is 2. The van der Waals surface area contributed by atoms with Crippen LogP contribution in [0.2, 0.25) is 0 Å². The molecule has 0 saturated heterocycles. The van der Waals surface area contributed by atoms with Gasteiger partial charge in [-0.05, 0) is 42.0 Å². The minimum atomic E-state index is -0.994. The molecule has 0 unspecified atom stereocenters. The largest absolute Gasteiger partial charge is 0.493 e. The van der Waals surface area contributed by atoms with E-state index in [2.05, 4.69) is 10.5 Å². The standard InChI is InChI=1S/C25H24N2O7/c1-31-20-7-3-4-8-21(20)33-16-23(28)27-26-14-19-6-5-9-22(32-2)24(19)34-15-17-10-12-18(13-11-17)25(29)30/h3-14H,15-16H2,1-2H3,(H,27,28)(H,29,30)/b26-14+. The Balaban J connectivity index is 1.62. The number of hydrogen-bond acceptors (Lipinski definition) is 7. The fourth-order valence-electron chi connectivity index (χ4n) is 2.94. The number of hydrazone groups is 1. The fourth-order valence-corrected chi connectivity index (χ4v) is 2.94. The Kier molecular flexibility index (Phi) is 8.45. The predicted molar refractivity (Wildman–Crippen MR) is 125 cm³/mol. The number of ether oxygens (including phenoxy) is 4. The summed E-state index contributed by atoms with van der Waals surface area (Å²) in [6.45, 7) is -0.0638. The highest BCUT2D eigenvalue weighted by molar-refractivity contribution is 5.88. The SMILES string of the molecule is COc1ccccc1OCC(=O)N/N=C/c1cccc(OC)c1OCc1ccc(C(=O)O)cc1. The van der Waals surface area contributed by atoms with Crippen molar-refractivity contribution in [2.45, 2.75) is 6.61 Å². The van der Waals surface area contributed by atoms with Crippen molar-refractivity contribution in [1.82, 2.24) is 5.43 Å². The normalized spacial score (nSPS) is 10.5. The van der Waals surface area contributed by atoms with Crippen molar-refractivity contribution in [2.75, 3.05) is 20.8 Å². The van der Waals surface area contributed by atoms with Crippen molar-refractivity contribution in [3.05, 3.63) is 83.4 Å². The highest BCUT2D eigenvalue weighted by Gasteiger charge is 2.11. The van der Waals surface area contributed by atoms with E-state index in [1.165, 1.54) is 32.6 Å². The van der Waals surface area contributed by atoms with Gasteiger partial charge in [0.15, 0.2) is 29.6 Å². The lowest BCUT2D eigenvalue weighted by Gasteiger charge is -2.13. The minimum absolute atomic E-state index is 0.181. The number of carbonyl (C=O) groups excluding carboxylic acids is 1. The van der Waals surface area contributed by atoms with Crippen molar-refractivity contribution in [3.8, 4) is 23.0 Å². The van der Waals surface area contributed by atoms with Crippen LogP contribution in [-0.4, -0.2) is 44.0 Å². The predicted octanol–water partition coefficient (Wildman–Crippen LogP) is 3.51. The smallest absolute Gasteiger partial charge is 0.335 e. The third-order valence-corrected chi connectivity index (χ3v) is 4.63. The summed E-state index contributed by atoms with van der Waals surface area (Å²) >= 11 is 0. The molecule has 0 bridgehead atoms. The summed E-state index contributed by atoms with van der Waals surface area (Å²) in [5.41, 5.74) is 3.96. The second-order valence-electron chi connectivity index (χ2n) is 6.90. The van der Waals surface area contributed by atoms with E-state index in [0.717, 1.165) is 5.56 Å². The minimum Gasteiger partial charge on any atom is -0.493 e. The number of aromatic carboxylic acids is 1. The van der Waals surface area contributed by atoms with Gasteiger partial charge >= 0.3 is 5.97 Å². The Morgan fingerprint density at radius 3 is 2.24 bits per heavy atom. The molecule has 0 saturated carbocycles. The zero-order valence-electron chi connectivity index (χ0n) is 18.7. The van der Waals surface area contributed by atoms with Gasteiger partial charge in [-0.15, -0.1) is 0 Å². The molecule has 2 N–H and O–H groups in total. The molecule has 0 spiro atoms. The van der Waals surface area contributed by atoms with Gasteiger partial charge in [0, 0.05) is 5.56 Å². The number of nitrogens with one attached hydrogen (secondary N) is 1. The van der Waals surface area contributed by atoms with Crippen molar-refractivity contribution in [2.24, 2.45) is 5.10 Å². The summed E-state index contributed by atoms with van der Waals surface area (Å²) in [7, 11) is 3.03. The number of nitrogens with zero attached hydrogens (tertiary/aromatic N) is 1. The number of para-hydroxylation sites is 3. The highest BCUT2D eigenvalue weighted by Crippen LogP contribution is 2.31. The second kappa shape index (κ2) is 11.9. The van der Waals surface area contributed by atoms with Crippen molar-refractivity contribution >= 4 is 18.1 Å². The highest BCUT2D eigenvalue weighted by atomic mass is 16.5. The number of benzene rings is 3. The molecule has 0 aliphatic carbocycles. The average Bonchev–Trinajstić information content (AvgIpc) is 2.86. The topological polar surface area (TPSA) is 116 Å². The molecule has 1 amide bonds. The van der Waals surface area contributed by atoms with Crippen molar-refractivity contribution in [1.29, 1.82) is 0 Å². The number of carboxylic acids is 1. The van der Waals surface area contributed by atoms with Gasteiger partial charge in [-0.2, -0.15) is 5.10 Å². The maximum atomic E-state index is 12.1. The van der Waals surface area contributed by atoms with E-state index in [1.54, 1.807) is 54.6 Å². The molecule has 0 heterocycles. The lowest BCUT2D eigenvalue weighted by molar-refractivity contribution is -0.123. The van der Waals surface area contributed by atoms with Crippen LogP contribution in [0.5, 0.6) is 23.0 Å². The average molecular weight is 464 g/mol. The summed E-state index contributed by atoms with van der Waals surface area (Å²) in [4.78, 5) is 23.1. The molecular formula is C25H24N2O7. The van der Waals surface area contributed by atoms with Crippen molar-refractivity contribution < 1.29 is 33.6 Å². The Bertz CT molecular complexity index is 1160. The molecule has 3 rings (SSSR count). The van der Waals surface area contributed by atoms with Crippen LogP contribution in [0.1, 0.15) is 21.5 Å². The molecule has 3 aromatic carbocycles. The maximum Gasteiger partial charge on any atom is 0.335 e. The number of methoxy groups -OCH3 is 2. The van der Waals surface area contributed by atoms with E-state index in [4.69, 9.17) is 24.1 Å². The van der Waals surface area contributed by atoms with Crippen LogP contribution in [0.25, 0.3) is 0 Å². The molecule has 3 aromatic rings. The molecule has 0 atom stereocenters. The molecule has 0 aliphatic rings. The molecule has 0 aromatic heterocycles. The summed E-state index contributed by atoms with van der Waals surface area (Å²) in [5.74, 6) is 0.434. The molecule has 0 radical (unpaired) electrons. The quantitative estimate of drug-likeness (QED) is 0.330. The van der Waals surface area contributed by atoms with Gasteiger partial charge in [-0.1, -0.05) is 30.3 Å². The van der Waals surface area contributed by atoms with Crippen LogP contribution < -0.4 is 24.4 Å². The van der Waals surface area contributed by atoms with Crippen molar-refractivity contribution in [3.63, 3.8) is 0 Å². The van der Waals surface area contributed by atoms with Gasteiger partial charge < -0.3 is 24.1 Å². The Hall–Kier alpha value is -4.53. The van der Waals surface area contributed by atoms with E-state index in [9.17, 15) is 9.59 Å². The van der Waals surface area contributed by atoms with Gasteiger partial charge in [0.1, 0.15) is 6.61 Å². The van der Waals surface area contributed by atoms with Crippen LogP contribution in [-0.2, 0) is 11.4 Å². The molecule has 0 fully saturated rings. The summed E-state index contributed by atoms with van der Waals surface area (Å²) in [6.07, 6.45) is 1.44. The molecule has 9 heteroatoms. The Labute approximate surface area is 196 Å². The number of amides is 1. The van der Waals surface area contributed by atoms with Crippen LogP contribution in [0.4, 0.5) is 0 Å². The van der Waals surface area contributed by atoms with Gasteiger partial charge in [0.2, 0.25) is 0 Å². The molecular weight excluding hydrogens is 440 g/mol. The summed E-state index contributed by atoms with van der Waals surface area (Å²) in [5, 5.41) is 13.0. The third kappa shape index (κ3) is 6.49. The number of rotatable bonds is 11. The van der Waals surface area contributed by atoms with Gasteiger partial charge in [0.05, 0.1) is 26.0 Å². The number of hydrogen-bond donors (Lipinski definition) is 2. The van der Waals surface area contributed by atoms with Crippen LogP contribution >= 0.6 is 0 Å². The first-order chi connectivity index (χ1) is 16.5. The monoisotopic (exact) mass is 464 g/mol. The lowest BCUT2D eigenvalue weighted by Crippen LogP contribution is -2.24. The fraction of sp³-hybridized carbons (Fsp3) is 0.160. The zero-order chi connectivity index (χ0) is 24.3. The first-order valence-electron chi connectivity index (χ1n) is 10.2. The van der Waals surface area contributed by atoms with E-state index >= 15 is 0 Å². The van der Waals surface area contributed by atoms with Crippen LogP contribution in [0.15, 0.2) is 71.8 Å². The molecule has 34 heavy (non-hydrogen) atoms. The van der Waals surface area contributed by atoms with Gasteiger partial charge in [0.25, 0.3) is 5.91 Å². The molecule has 9 nitrogen and oxygen atoms in total. The van der Waals surface area contributed by atoms with E-state index in [1.807, 2.05) is 0 Å². The lowest BCUT2D eigenvalue weighted by atomic mass is 10.1. The molecule has 176 valence electrons. The maximum absolute atomic E-state index is 12.1. The first kappa shape index (κ1) is 24.1. The van der Waals surface area contributed by atoms with Crippen LogP contribution in [0.3, 0.4) is 0 Å². The molecule has 0 aliphatic heterocycles. The second-order valence-corrected chi connectivity index (χ2v) is 6.90. The summed E-state index contributed by atoms with van der Waals surface area (Å²) in [6, 6.07) is 18.6.